The fourth-order valence-electron chi connectivity index (χ4n) is 3.01. The van der Waals surface area contributed by atoms with E-state index in [0.29, 0.717) is 45.4 Å². The van der Waals surface area contributed by atoms with Crippen LogP contribution in [-0.2, 0) is 14.3 Å². The van der Waals surface area contributed by atoms with Gasteiger partial charge in [-0.2, -0.15) is 0 Å². The molecule has 2 saturated heterocycles. The number of aryl methyl sites for hydroxylation is 1. The molecule has 0 spiro atoms. The zero-order valence-electron chi connectivity index (χ0n) is 13.6. The van der Waals surface area contributed by atoms with Gasteiger partial charge in [-0.25, -0.2) is 4.98 Å². The molecule has 1 aromatic rings. The molecule has 0 aromatic carbocycles. The molecule has 126 valence electrons. The molecule has 0 aliphatic carbocycles. The number of hydrogen-bond acceptors (Lipinski definition) is 5. The maximum Gasteiger partial charge on any atom is 0.226 e. The van der Waals surface area contributed by atoms with Crippen molar-refractivity contribution in [1.82, 2.24) is 9.88 Å². The molecule has 0 N–H and O–H groups in total. The second-order valence-corrected chi connectivity index (χ2v) is 6.10. The van der Waals surface area contributed by atoms with Crippen molar-refractivity contribution >= 4 is 5.91 Å². The van der Waals surface area contributed by atoms with Gasteiger partial charge in [0.25, 0.3) is 0 Å². The molecule has 6 nitrogen and oxygen atoms in total. The summed E-state index contributed by atoms with van der Waals surface area (Å²) in [5.74, 6) is 0.850. The third-order valence-electron chi connectivity index (χ3n) is 4.27. The summed E-state index contributed by atoms with van der Waals surface area (Å²) >= 11 is 0. The Morgan fingerprint density at radius 2 is 2.09 bits per heavy atom. The Kier molecular flexibility index (Phi) is 5.46. The van der Waals surface area contributed by atoms with Crippen LogP contribution < -0.4 is 4.74 Å². The largest absolute Gasteiger partial charge is 0.470 e. The number of pyridine rings is 1. The molecule has 23 heavy (non-hydrogen) atoms. The maximum absolute atomic E-state index is 12.7. The van der Waals surface area contributed by atoms with Gasteiger partial charge in [-0.15, -0.1) is 0 Å². The van der Waals surface area contributed by atoms with Crippen LogP contribution in [0.2, 0.25) is 0 Å². The number of amides is 1. The van der Waals surface area contributed by atoms with Crippen molar-refractivity contribution in [2.75, 3.05) is 39.5 Å². The molecule has 6 heteroatoms. The Hall–Kier alpha value is -1.66. The number of ether oxygens (including phenoxy) is 3. The first-order valence-corrected chi connectivity index (χ1v) is 8.27. The minimum absolute atomic E-state index is 0.0691. The van der Waals surface area contributed by atoms with Gasteiger partial charge in [0.2, 0.25) is 11.8 Å². The second-order valence-electron chi connectivity index (χ2n) is 6.10. The average molecular weight is 320 g/mol. The van der Waals surface area contributed by atoms with Crippen LogP contribution in [0.25, 0.3) is 0 Å². The lowest BCUT2D eigenvalue weighted by Gasteiger charge is -2.29. The predicted octanol–water partition coefficient (Wildman–Crippen LogP) is 1.42. The minimum Gasteiger partial charge on any atom is -0.470 e. The van der Waals surface area contributed by atoms with Gasteiger partial charge in [-0.3, -0.25) is 4.79 Å². The number of aromatic nitrogens is 1. The predicted molar refractivity (Wildman–Crippen MR) is 84.3 cm³/mol. The Bertz CT molecular complexity index is 531. The summed E-state index contributed by atoms with van der Waals surface area (Å²) in [4.78, 5) is 18.9. The summed E-state index contributed by atoms with van der Waals surface area (Å²) in [6, 6.07) is 5.68. The molecule has 0 bridgehead atoms. The summed E-state index contributed by atoms with van der Waals surface area (Å²) in [6.07, 6.45) is 1.43. The molecule has 2 aliphatic heterocycles. The molecule has 1 atom stereocenters. The van der Waals surface area contributed by atoms with E-state index in [1.165, 1.54) is 0 Å². The van der Waals surface area contributed by atoms with E-state index >= 15 is 0 Å². The Morgan fingerprint density at radius 1 is 1.26 bits per heavy atom. The van der Waals surface area contributed by atoms with Gasteiger partial charge in [0.1, 0.15) is 6.10 Å². The van der Waals surface area contributed by atoms with Crippen molar-refractivity contribution in [1.29, 1.82) is 0 Å². The van der Waals surface area contributed by atoms with E-state index in [-0.39, 0.29) is 17.9 Å². The van der Waals surface area contributed by atoms with Gasteiger partial charge < -0.3 is 19.1 Å². The molecule has 2 fully saturated rings. The summed E-state index contributed by atoms with van der Waals surface area (Å²) < 4.78 is 16.9. The van der Waals surface area contributed by atoms with Gasteiger partial charge in [0.15, 0.2) is 0 Å². The van der Waals surface area contributed by atoms with Crippen molar-refractivity contribution in [3.63, 3.8) is 0 Å². The van der Waals surface area contributed by atoms with Gasteiger partial charge in [-0.05, 0) is 25.8 Å². The topological polar surface area (TPSA) is 60.9 Å². The molecule has 0 radical (unpaired) electrons. The molecule has 0 unspecified atom stereocenters. The van der Waals surface area contributed by atoms with Crippen LogP contribution in [-0.4, -0.2) is 61.4 Å². The standard InChI is InChI=1S/C17H24N2O4/c1-13-3-2-4-16(18-13)23-15-11-19(7-10-22-12-15)17(20)14-5-8-21-9-6-14/h2-4,14-15H,5-12H2,1H3/t15-/m1/s1. The summed E-state index contributed by atoms with van der Waals surface area (Å²) in [5, 5.41) is 0. The molecule has 2 aliphatic rings. The zero-order valence-corrected chi connectivity index (χ0v) is 13.6. The number of hydrogen-bond donors (Lipinski definition) is 0. The van der Waals surface area contributed by atoms with Crippen molar-refractivity contribution in [3.8, 4) is 5.88 Å². The SMILES string of the molecule is Cc1cccc(O[C@H]2COCCN(C(=O)C3CCOCC3)C2)n1. The quantitative estimate of drug-likeness (QED) is 0.843. The van der Waals surface area contributed by atoms with Crippen LogP contribution in [0.3, 0.4) is 0 Å². The first-order valence-electron chi connectivity index (χ1n) is 8.27. The van der Waals surface area contributed by atoms with Crippen LogP contribution in [0.4, 0.5) is 0 Å². The third kappa shape index (κ3) is 4.42. The molecular formula is C17H24N2O4. The Labute approximate surface area is 136 Å². The van der Waals surface area contributed by atoms with Gasteiger partial charge >= 0.3 is 0 Å². The lowest BCUT2D eigenvalue weighted by molar-refractivity contribution is -0.139. The van der Waals surface area contributed by atoms with Gasteiger partial charge in [-0.1, -0.05) is 6.07 Å². The molecular weight excluding hydrogens is 296 g/mol. The van der Waals surface area contributed by atoms with Crippen molar-refractivity contribution in [2.45, 2.75) is 25.9 Å². The number of nitrogens with zero attached hydrogens (tertiary/aromatic N) is 2. The van der Waals surface area contributed by atoms with Crippen molar-refractivity contribution < 1.29 is 19.0 Å². The Balaban J connectivity index is 1.62. The van der Waals surface area contributed by atoms with E-state index < -0.39 is 0 Å². The van der Waals surface area contributed by atoms with E-state index in [1.54, 1.807) is 0 Å². The molecule has 1 amide bonds. The van der Waals surface area contributed by atoms with E-state index in [1.807, 2.05) is 30.0 Å². The summed E-state index contributed by atoms with van der Waals surface area (Å²) in [5.41, 5.74) is 0.909. The first kappa shape index (κ1) is 16.2. The van der Waals surface area contributed by atoms with Crippen LogP contribution in [0, 0.1) is 12.8 Å². The highest BCUT2D eigenvalue weighted by Crippen LogP contribution is 2.19. The van der Waals surface area contributed by atoms with Gasteiger partial charge in [0.05, 0.1) is 19.8 Å². The third-order valence-corrected chi connectivity index (χ3v) is 4.27. The van der Waals surface area contributed by atoms with Crippen LogP contribution >= 0.6 is 0 Å². The van der Waals surface area contributed by atoms with Crippen molar-refractivity contribution in [2.24, 2.45) is 5.92 Å². The number of rotatable bonds is 3. The summed E-state index contributed by atoms with van der Waals surface area (Å²) in [6.45, 7) is 5.48. The number of carbonyl (C=O) groups excluding carboxylic acids is 1. The fraction of sp³-hybridized carbons (Fsp3) is 0.647. The molecule has 3 heterocycles. The minimum atomic E-state index is -0.185. The maximum atomic E-state index is 12.7. The van der Waals surface area contributed by atoms with E-state index in [0.717, 1.165) is 18.5 Å². The second kappa shape index (κ2) is 7.75. The van der Waals surface area contributed by atoms with E-state index in [4.69, 9.17) is 14.2 Å². The lowest BCUT2D eigenvalue weighted by Crippen LogP contribution is -2.44. The van der Waals surface area contributed by atoms with Crippen molar-refractivity contribution in [3.05, 3.63) is 23.9 Å². The zero-order chi connectivity index (χ0) is 16.1. The Morgan fingerprint density at radius 3 is 2.87 bits per heavy atom. The highest BCUT2D eigenvalue weighted by molar-refractivity contribution is 5.79. The van der Waals surface area contributed by atoms with E-state index in [9.17, 15) is 4.79 Å². The van der Waals surface area contributed by atoms with Gasteiger partial charge in [0, 0.05) is 37.4 Å². The highest BCUT2D eigenvalue weighted by Gasteiger charge is 2.30. The average Bonchev–Trinajstić information content (AvgIpc) is 2.80. The van der Waals surface area contributed by atoms with Crippen LogP contribution in [0.5, 0.6) is 5.88 Å². The lowest BCUT2D eigenvalue weighted by atomic mass is 9.98. The number of carbonyl (C=O) groups is 1. The summed E-state index contributed by atoms with van der Waals surface area (Å²) in [7, 11) is 0. The molecule has 0 saturated carbocycles. The fourth-order valence-corrected chi connectivity index (χ4v) is 3.01. The molecule has 1 aromatic heterocycles. The normalized spacial score (nSPS) is 23.3. The molecule has 3 rings (SSSR count). The first-order chi connectivity index (χ1) is 11.2. The smallest absolute Gasteiger partial charge is 0.226 e. The van der Waals surface area contributed by atoms with E-state index in [2.05, 4.69) is 4.98 Å². The van der Waals surface area contributed by atoms with Crippen LogP contribution in [0.15, 0.2) is 18.2 Å². The highest BCUT2D eigenvalue weighted by atomic mass is 16.5. The monoisotopic (exact) mass is 320 g/mol. The van der Waals surface area contributed by atoms with Crippen LogP contribution in [0.1, 0.15) is 18.5 Å².